The van der Waals surface area contributed by atoms with E-state index in [-0.39, 0.29) is 0 Å². The molecule has 0 bridgehead atoms. The van der Waals surface area contributed by atoms with Crippen LogP contribution in [0.25, 0.3) is 16.5 Å². The predicted molar refractivity (Wildman–Crippen MR) is 127 cm³/mol. The summed E-state index contributed by atoms with van der Waals surface area (Å²) in [5.74, 6) is 1.79. The second kappa shape index (κ2) is 8.98. The molecule has 33 heavy (non-hydrogen) atoms. The molecule has 1 saturated heterocycles. The number of aromatic nitrogens is 2. The number of hydrogen-bond donors (Lipinski definition) is 0. The van der Waals surface area contributed by atoms with Crippen molar-refractivity contribution >= 4 is 16.5 Å². The molecule has 0 radical (unpaired) electrons. The maximum Gasteiger partial charge on any atom is 0.227 e. The molecule has 0 amide bonds. The van der Waals surface area contributed by atoms with Gasteiger partial charge in [-0.25, -0.2) is 15.0 Å². The molecule has 1 atom stereocenters. The molecule has 2 aliphatic rings. The smallest absolute Gasteiger partial charge is 0.227 e. The third-order valence-corrected chi connectivity index (χ3v) is 6.59. The van der Waals surface area contributed by atoms with Gasteiger partial charge in [0.2, 0.25) is 11.6 Å². The molecular formula is C26H30N4O3. The highest BCUT2D eigenvalue weighted by atomic mass is 16.5. The second-order valence-corrected chi connectivity index (χ2v) is 8.79. The Labute approximate surface area is 193 Å². The van der Waals surface area contributed by atoms with Gasteiger partial charge in [-0.1, -0.05) is 18.2 Å². The standard InChI is InChI=1S/C26H30N4O3/c1-18-19-9-4-5-10-21(19)29-26(18,2)33-25-20-15-23(31-3)24(16-22(20)27-17-28-25)32-14-8-13-30-11-6-7-12-30/h4-5,9-10,15-17H,6-8,11-14H2,1-3H3. The zero-order valence-corrected chi connectivity index (χ0v) is 19.5. The van der Waals surface area contributed by atoms with E-state index in [4.69, 9.17) is 19.2 Å². The van der Waals surface area contributed by atoms with Crippen LogP contribution in [0.1, 0.15) is 33.1 Å². The summed E-state index contributed by atoms with van der Waals surface area (Å²) in [7, 11) is 1.64. The summed E-state index contributed by atoms with van der Waals surface area (Å²) in [6, 6.07) is 11.9. The van der Waals surface area contributed by atoms with Gasteiger partial charge in [-0.3, -0.25) is 0 Å². The number of benzene rings is 2. The summed E-state index contributed by atoms with van der Waals surface area (Å²) in [6.07, 6.45) is 5.11. The van der Waals surface area contributed by atoms with E-state index in [0.717, 1.165) is 40.0 Å². The quantitative estimate of drug-likeness (QED) is 0.496. The van der Waals surface area contributed by atoms with Gasteiger partial charge in [0.05, 0.1) is 30.0 Å². The van der Waals surface area contributed by atoms with Gasteiger partial charge in [-0.05, 0) is 51.4 Å². The van der Waals surface area contributed by atoms with Crippen LogP contribution in [-0.4, -0.2) is 53.9 Å². The predicted octanol–water partition coefficient (Wildman–Crippen LogP) is 3.10. The number of ether oxygens (including phenoxy) is 3. The third-order valence-electron chi connectivity index (χ3n) is 6.59. The largest absolute Gasteiger partial charge is 0.493 e. The van der Waals surface area contributed by atoms with Crippen molar-refractivity contribution in [1.29, 1.82) is 0 Å². The molecule has 5 rings (SSSR count). The lowest BCUT2D eigenvalue weighted by Crippen LogP contribution is -2.30. The molecule has 172 valence electrons. The lowest BCUT2D eigenvalue weighted by Gasteiger charge is -2.25. The van der Waals surface area contributed by atoms with Gasteiger partial charge in [0.25, 0.3) is 0 Å². The molecule has 2 aromatic carbocycles. The van der Waals surface area contributed by atoms with E-state index in [2.05, 4.69) is 20.9 Å². The van der Waals surface area contributed by atoms with E-state index in [1.165, 1.54) is 32.3 Å². The molecule has 7 heteroatoms. The van der Waals surface area contributed by atoms with Gasteiger partial charge in [-0.2, -0.15) is 0 Å². The summed E-state index contributed by atoms with van der Waals surface area (Å²) < 4.78 is 18.1. The van der Waals surface area contributed by atoms with E-state index in [9.17, 15) is 0 Å². The maximum atomic E-state index is 6.41. The molecule has 2 aliphatic heterocycles. The van der Waals surface area contributed by atoms with Crippen LogP contribution >= 0.6 is 0 Å². The maximum absolute atomic E-state index is 6.41. The van der Waals surface area contributed by atoms with Crippen molar-refractivity contribution in [2.24, 2.45) is 4.99 Å². The number of hydrogen-bond acceptors (Lipinski definition) is 7. The SMILES string of the molecule is COc1cc2c(OC3(C)N=c4ccccc4=C3C)ncnc2cc1OCCCN1CCCC1. The molecule has 3 aromatic rings. The lowest BCUT2D eigenvalue weighted by molar-refractivity contribution is 0.154. The van der Waals surface area contributed by atoms with Crippen LogP contribution in [0.3, 0.4) is 0 Å². The normalized spacial score (nSPS) is 20.0. The molecule has 0 spiro atoms. The first-order valence-electron chi connectivity index (χ1n) is 11.6. The van der Waals surface area contributed by atoms with Crippen LogP contribution < -0.4 is 24.8 Å². The molecule has 3 heterocycles. The Morgan fingerprint density at radius 2 is 1.88 bits per heavy atom. The zero-order chi connectivity index (χ0) is 22.8. The fourth-order valence-corrected chi connectivity index (χ4v) is 4.61. The fraction of sp³-hybridized carbons (Fsp3) is 0.423. The minimum Gasteiger partial charge on any atom is -0.493 e. The first-order chi connectivity index (χ1) is 16.1. The minimum absolute atomic E-state index is 0.470. The van der Waals surface area contributed by atoms with Crippen LogP contribution in [-0.2, 0) is 0 Å². The molecule has 1 aromatic heterocycles. The number of fused-ring (bicyclic) bond motifs is 2. The minimum atomic E-state index is -0.830. The van der Waals surface area contributed by atoms with Gasteiger partial charge in [0.15, 0.2) is 11.5 Å². The number of methoxy groups -OCH3 is 1. The monoisotopic (exact) mass is 446 g/mol. The van der Waals surface area contributed by atoms with Crippen LogP contribution in [0.15, 0.2) is 47.7 Å². The van der Waals surface area contributed by atoms with E-state index >= 15 is 0 Å². The molecule has 0 aliphatic carbocycles. The van der Waals surface area contributed by atoms with E-state index in [1.54, 1.807) is 7.11 Å². The van der Waals surface area contributed by atoms with Crippen LogP contribution in [0.2, 0.25) is 0 Å². The van der Waals surface area contributed by atoms with E-state index < -0.39 is 5.72 Å². The van der Waals surface area contributed by atoms with Gasteiger partial charge in [-0.15, -0.1) is 0 Å². The first-order valence-corrected chi connectivity index (χ1v) is 11.6. The summed E-state index contributed by atoms with van der Waals surface area (Å²) in [4.78, 5) is 16.2. The van der Waals surface area contributed by atoms with Crippen molar-refractivity contribution in [1.82, 2.24) is 14.9 Å². The zero-order valence-electron chi connectivity index (χ0n) is 19.5. The Kier molecular flexibility index (Phi) is 5.89. The number of nitrogens with zero attached hydrogens (tertiary/aromatic N) is 4. The molecular weight excluding hydrogens is 416 g/mol. The topological polar surface area (TPSA) is 69.1 Å². The highest BCUT2D eigenvalue weighted by Gasteiger charge is 2.33. The molecule has 1 unspecified atom stereocenters. The van der Waals surface area contributed by atoms with E-state index in [0.29, 0.717) is 24.0 Å². The molecule has 0 saturated carbocycles. The number of para-hydroxylation sites is 1. The van der Waals surface area contributed by atoms with Gasteiger partial charge in [0, 0.05) is 30.3 Å². The average Bonchev–Trinajstić information content (AvgIpc) is 3.43. The highest BCUT2D eigenvalue weighted by molar-refractivity contribution is 5.87. The second-order valence-electron chi connectivity index (χ2n) is 8.79. The number of rotatable bonds is 8. The summed E-state index contributed by atoms with van der Waals surface area (Å²) in [5, 5.41) is 2.79. The van der Waals surface area contributed by atoms with Crippen molar-refractivity contribution in [2.45, 2.75) is 38.8 Å². The Bertz CT molecular complexity index is 1290. The van der Waals surface area contributed by atoms with Crippen molar-refractivity contribution in [3.8, 4) is 17.4 Å². The lowest BCUT2D eigenvalue weighted by atomic mass is 10.1. The molecule has 0 N–H and O–H groups in total. The number of likely N-dealkylation sites (tertiary alicyclic amines) is 1. The van der Waals surface area contributed by atoms with Gasteiger partial charge >= 0.3 is 0 Å². The Balaban J connectivity index is 1.39. The van der Waals surface area contributed by atoms with Crippen molar-refractivity contribution in [2.75, 3.05) is 33.4 Å². The summed E-state index contributed by atoms with van der Waals surface area (Å²) in [6.45, 7) is 8.11. The highest BCUT2D eigenvalue weighted by Crippen LogP contribution is 2.37. The van der Waals surface area contributed by atoms with Crippen molar-refractivity contribution in [3.05, 3.63) is 53.3 Å². The fourth-order valence-electron chi connectivity index (χ4n) is 4.61. The third kappa shape index (κ3) is 4.25. The van der Waals surface area contributed by atoms with E-state index in [1.807, 2.05) is 44.2 Å². The Morgan fingerprint density at radius 1 is 1.06 bits per heavy atom. The summed E-state index contributed by atoms with van der Waals surface area (Å²) >= 11 is 0. The molecule has 7 nitrogen and oxygen atoms in total. The van der Waals surface area contributed by atoms with Crippen LogP contribution in [0.5, 0.6) is 17.4 Å². The van der Waals surface area contributed by atoms with Gasteiger partial charge in [0.1, 0.15) is 6.33 Å². The van der Waals surface area contributed by atoms with Crippen LogP contribution in [0.4, 0.5) is 0 Å². The Hall–Kier alpha value is -3.19. The summed E-state index contributed by atoms with van der Waals surface area (Å²) in [5.41, 5.74) is 0.963. The molecule has 1 fully saturated rings. The average molecular weight is 447 g/mol. The van der Waals surface area contributed by atoms with Gasteiger partial charge < -0.3 is 19.1 Å². The van der Waals surface area contributed by atoms with Crippen molar-refractivity contribution < 1.29 is 14.2 Å². The van der Waals surface area contributed by atoms with Crippen LogP contribution in [0, 0.1) is 0 Å². The van der Waals surface area contributed by atoms with Crippen molar-refractivity contribution in [3.63, 3.8) is 0 Å². The Morgan fingerprint density at radius 3 is 2.67 bits per heavy atom. The first kappa shape index (κ1) is 21.6.